The molecular formula is C16H12ClN5O4. The van der Waals surface area contributed by atoms with Gasteiger partial charge in [-0.1, -0.05) is 17.7 Å². The Morgan fingerprint density at radius 2 is 2.19 bits per heavy atom. The zero-order valence-electron chi connectivity index (χ0n) is 13.5. The van der Waals surface area contributed by atoms with Crippen LogP contribution in [0.2, 0.25) is 5.02 Å². The minimum absolute atomic E-state index is 0.0417. The van der Waals surface area contributed by atoms with Crippen LogP contribution >= 0.6 is 11.6 Å². The first kappa shape index (κ1) is 16.7. The first-order valence-corrected chi connectivity index (χ1v) is 8.11. The zero-order chi connectivity index (χ0) is 18.9. The molecule has 4 rings (SSSR count). The van der Waals surface area contributed by atoms with E-state index in [2.05, 4.69) is 17.1 Å². The average Bonchev–Trinajstić information content (AvgIpc) is 2.99. The lowest BCUT2D eigenvalue weighted by Gasteiger charge is -2.26. The summed E-state index contributed by atoms with van der Waals surface area (Å²) in [4.78, 5) is 14.8. The summed E-state index contributed by atoms with van der Waals surface area (Å²) in [6.45, 7) is 1.94. The fraction of sp³-hybridized carbons (Fsp3) is 0.438. The molecule has 3 aliphatic rings. The first-order valence-electron chi connectivity index (χ1n) is 7.73. The number of benzene rings is 1. The van der Waals surface area contributed by atoms with Crippen LogP contribution in [0.25, 0.3) is 0 Å². The van der Waals surface area contributed by atoms with Crippen molar-refractivity contribution in [3.05, 3.63) is 38.9 Å². The van der Waals surface area contributed by atoms with Gasteiger partial charge in [-0.25, -0.2) is 4.99 Å². The maximum Gasteiger partial charge on any atom is 0.293 e. The number of aliphatic imine (C=N–C) groups is 1. The SMILES string of the molecule is C[C@H]1CO[C@]2(N=C(N)[C@@]3(C#N)[C@@H](c4ccc(Cl)c([N+](=O)[O-])c4)[C@@]23C#N)O1. The predicted octanol–water partition coefficient (Wildman–Crippen LogP) is 1.83. The van der Waals surface area contributed by atoms with E-state index in [9.17, 15) is 20.6 Å². The number of nitro groups is 1. The zero-order valence-corrected chi connectivity index (χ0v) is 14.2. The summed E-state index contributed by atoms with van der Waals surface area (Å²) in [6.07, 6.45) is -0.341. The lowest BCUT2D eigenvalue weighted by Crippen LogP contribution is -2.39. The third-order valence-corrected chi connectivity index (χ3v) is 5.62. The molecule has 2 aliphatic heterocycles. The second-order valence-electron chi connectivity index (χ2n) is 6.56. The molecule has 10 heteroatoms. The Hall–Kier alpha value is -2.72. The van der Waals surface area contributed by atoms with Gasteiger partial charge in [-0.05, 0) is 18.6 Å². The van der Waals surface area contributed by atoms with E-state index in [1.165, 1.54) is 18.2 Å². The molecule has 26 heavy (non-hydrogen) atoms. The van der Waals surface area contributed by atoms with Gasteiger partial charge in [0, 0.05) is 12.0 Å². The normalized spacial score (nSPS) is 39.8. The maximum absolute atomic E-state index is 11.2. The molecule has 0 bridgehead atoms. The number of nitrogens with zero attached hydrogens (tertiary/aromatic N) is 4. The Balaban J connectivity index is 1.91. The molecule has 1 aliphatic carbocycles. The van der Waals surface area contributed by atoms with Crippen LogP contribution < -0.4 is 5.73 Å². The predicted molar refractivity (Wildman–Crippen MR) is 87.8 cm³/mol. The van der Waals surface area contributed by atoms with Gasteiger partial charge in [0.25, 0.3) is 11.6 Å². The summed E-state index contributed by atoms with van der Waals surface area (Å²) in [7, 11) is 0. The van der Waals surface area contributed by atoms with E-state index in [1.807, 2.05) is 0 Å². The van der Waals surface area contributed by atoms with Gasteiger partial charge in [0.1, 0.15) is 16.3 Å². The summed E-state index contributed by atoms with van der Waals surface area (Å²) < 4.78 is 11.5. The summed E-state index contributed by atoms with van der Waals surface area (Å²) in [5.41, 5.74) is 3.10. The van der Waals surface area contributed by atoms with Gasteiger partial charge >= 0.3 is 0 Å². The van der Waals surface area contributed by atoms with Crippen LogP contribution in [0, 0.1) is 43.6 Å². The number of nitriles is 2. The Kier molecular flexibility index (Phi) is 3.17. The average molecular weight is 374 g/mol. The summed E-state index contributed by atoms with van der Waals surface area (Å²) >= 11 is 5.87. The van der Waals surface area contributed by atoms with E-state index < -0.39 is 27.6 Å². The summed E-state index contributed by atoms with van der Waals surface area (Å²) in [5.74, 6) is -2.55. The van der Waals surface area contributed by atoms with Gasteiger partial charge in [0.15, 0.2) is 5.41 Å². The number of halogens is 1. The van der Waals surface area contributed by atoms with E-state index >= 15 is 0 Å². The van der Waals surface area contributed by atoms with Crippen LogP contribution in [0.15, 0.2) is 23.2 Å². The molecular weight excluding hydrogens is 362 g/mol. The molecule has 132 valence electrons. The van der Waals surface area contributed by atoms with Crippen LogP contribution in [-0.4, -0.2) is 29.4 Å². The van der Waals surface area contributed by atoms with Crippen molar-refractivity contribution < 1.29 is 14.4 Å². The van der Waals surface area contributed by atoms with E-state index in [4.69, 9.17) is 26.8 Å². The quantitative estimate of drug-likeness (QED) is 0.613. The van der Waals surface area contributed by atoms with Gasteiger partial charge < -0.3 is 15.2 Å². The number of fused-ring (bicyclic) bond motifs is 2. The number of nitro benzene ring substituents is 1. The fourth-order valence-electron chi connectivity index (χ4n) is 4.21. The molecule has 1 spiro atoms. The molecule has 0 radical (unpaired) electrons. The Labute approximate surface area is 152 Å². The molecule has 2 heterocycles. The highest BCUT2D eigenvalue weighted by Gasteiger charge is 2.94. The molecule has 0 unspecified atom stereocenters. The van der Waals surface area contributed by atoms with E-state index in [0.717, 1.165) is 0 Å². The maximum atomic E-state index is 11.2. The topological polar surface area (TPSA) is 148 Å². The third kappa shape index (κ3) is 1.59. The van der Waals surface area contributed by atoms with Crippen molar-refractivity contribution in [1.82, 2.24) is 0 Å². The van der Waals surface area contributed by atoms with Crippen molar-refractivity contribution in [2.75, 3.05) is 6.61 Å². The van der Waals surface area contributed by atoms with Crippen molar-refractivity contribution in [3.8, 4) is 12.1 Å². The minimum atomic E-state index is -1.69. The molecule has 1 aromatic rings. The summed E-state index contributed by atoms with van der Waals surface area (Å²) in [6, 6.07) is 8.37. The highest BCUT2D eigenvalue weighted by atomic mass is 35.5. The van der Waals surface area contributed by atoms with Crippen LogP contribution in [0.3, 0.4) is 0 Å². The molecule has 1 saturated carbocycles. The van der Waals surface area contributed by atoms with Gasteiger partial charge in [-0.3, -0.25) is 10.1 Å². The van der Waals surface area contributed by atoms with Gasteiger partial charge in [0.2, 0.25) is 0 Å². The lowest BCUT2D eigenvalue weighted by atomic mass is 9.94. The smallest absolute Gasteiger partial charge is 0.293 e. The van der Waals surface area contributed by atoms with E-state index in [-0.39, 0.29) is 29.3 Å². The largest absolute Gasteiger partial charge is 0.386 e. The van der Waals surface area contributed by atoms with Crippen molar-refractivity contribution in [3.63, 3.8) is 0 Å². The highest BCUT2D eigenvalue weighted by Crippen LogP contribution is 2.82. The summed E-state index contributed by atoms with van der Waals surface area (Å²) in [5, 5.41) is 31.1. The first-order chi connectivity index (χ1) is 12.3. The number of ether oxygens (including phenoxy) is 2. The Bertz CT molecular complexity index is 968. The fourth-order valence-corrected chi connectivity index (χ4v) is 4.40. The number of amidine groups is 1. The monoisotopic (exact) mass is 373 g/mol. The van der Waals surface area contributed by atoms with E-state index in [1.54, 1.807) is 6.92 Å². The van der Waals surface area contributed by atoms with Crippen LogP contribution in [0.4, 0.5) is 5.69 Å². The highest BCUT2D eigenvalue weighted by molar-refractivity contribution is 6.32. The van der Waals surface area contributed by atoms with Gasteiger partial charge in [-0.2, -0.15) is 10.5 Å². The van der Waals surface area contributed by atoms with Crippen molar-refractivity contribution in [2.45, 2.75) is 24.9 Å². The molecule has 2 N–H and O–H groups in total. The third-order valence-electron chi connectivity index (χ3n) is 5.30. The standard InChI is InChI=1S/C16H12ClN5O4/c1-8-5-25-16(26-8)15(7-19)12(14(15,6-18)13(20)21-16)9-2-3-10(17)11(4-9)22(23)24/h2-4,8,12H,5H2,1H3,(H2,20,21)/t8-,12+,14+,15+,16-/m0/s1. The lowest BCUT2D eigenvalue weighted by molar-refractivity contribution is -0.384. The van der Waals surface area contributed by atoms with Crippen LogP contribution in [0.5, 0.6) is 0 Å². The Morgan fingerprint density at radius 1 is 1.46 bits per heavy atom. The van der Waals surface area contributed by atoms with E-state index in [0.29, 0.717) is 5.56 Å². The number of hydrogen-bond acceptors (Lipinski definition) is 8. The molecule has 0 aromatic heterocycles. The number of rotatable bonds is 2. The molecule has 5 atom stereocenters. The van der Waals surface area contributed by atoms with Crippen LogP contribution in [0.1, 0.15) is 18.4 Å². The second-order valence-corrected chi connectivity index (χ2v) is 6.97. The Morgan fingerprint density at radius 3 is 2.73 bits per heavy atom. The van der Waals surface area contributed by atoms with Gasteiger partial charge in [-0.15, -0.1) is 0 Å². The van der Waals surface area contributed by atoms with Gasteiger partial charge in [0.05, 0.1) is 29.8 Å². The number of nitrogens with two attached hydrogens (primary N) is 1. The molecule has 0 amide bonds. The molecule has 1 saturated heterocycles. The molecule has 2 fully saturated rings. The minimum Gasteiger partial charge on any atom is -0.386 e. The second kappa shape index (κ2) is 4.92. The molecule has 9 nitrogen and oxygen atoms in total. The number of hydrogen-bond donors (Lipinski definition) is 1. The van der Waals surface area contributed by atoms with Crippen LogP contribution in [-0.2, 0) is 9.47 Å². The van der Waals surface area contributed by atoms with Crippen molar-refractivity contribution >= 4 is 23.1 Å². The van der Waals surface area contributed by atoms with Crippen molar-refractivity contribution in [1.29, 1.82) is 10.5 Å². The molecule has 1 aromatic carbocycles. The van der Waals surface area contributed by atoms with Crippen molar-refractivity contribution in [2.24, 2.45) is 21.6 Å².